The Kier molecular flexibility index (Phi) is 8.68. The van der Waals surface area contributed by atoms with E-state index in [0.717, 1.165) is 49.9 Å². The number of amides is 1. The number of nitrogens with two attached hydrogens (primary N) is 1. The van der Waals surface area contributed by atoms with Crippen LogP contribution < -0.4 is 20.1 Å². The summed E-state index contributed by atoms with van der Waals surface area (Å²) in [6, 6.07) is 4.09. The summed E-state index contributed by atoms with van der Waals surface area (Å²) < 4.78 is 123. The standard InChI is InChI=1S/C23H17F7N6O4S/c1-36(15-4-2-14(24)3-5-15)21(37)40-20-16(6-13(22(25,26)27)7-17(20)23(28,29)30)12(8-31)9-33-18-10-35-19(11-34-18)41(32,38)39/h2-11,31H,1H3,(H,33,34)(H2,32,38,39)/b12-9+,31-8?. The molecule has 18 heteroatoms. The summed E-state index contributed by atoms with van der Waals surface area (Å²) >= 11 is 0. The second-order valence-corrected chi connectivity index (χ2v) is 9.48. The first kappa shape index (κ1) is 31.0. The van der Waals surface area contributed by atoms with E-state index in [0.29, 0.717) is 11.1 Å². The summed E-state index contributed by atoms with van der Waals surface area (Å²) in [4.78, 5) is 20.6. The van der Waals surface area contributed by atoms with Gasteiger partial charge in [-0.2, -0.15) is 26.3 Å². The van der Waals surface area contributed by atoms with Crippen LogP contribution in [-0.2, 0) is 22.4 Å². The number of aromatic nitrogens is 2. The quantitative estimate of drug-likeness (QED) is 0.252. The second-order valence-electron chi connectivity index (χ2n) is 7.97. The Hall–Kier alpha value is -4.58. The molecule has 0 fully saturated rings. The van der Waals surface area contributed by atoms with Crippen LogP contribution in [0.5, 0.6) is 5.75 Å². The van der Waals surface area contributed by atoms with Gasteiger partial charge in [-0.1, -0.05) is 0 Å². The number of allylic oxidation sites excluding steroid dienone is 1. The summed E-state index contributed by atoms with van der Waals surface area (Å²) in [7, 11) is -3.16. The fourth-order valence-corrected chi connectivity index (χ4v) is 3.54. The van der Waals surface area contributed by atoms with E-state index in [1.807, 2.05) is 0 Å². The summed E-state index contributed by atoms with van der Waals surface area (Å²) in [5.74, 6) is -2.29. The number of carbonyl (C=O) groups excluding carboxylic acids is 1. The van der Waals surface area contributed by atoms with Crippen molar-refractivity contribution in [2.45, 2.75) is 17.4 Å². The van der Waals surface area contributed by atoms with Gasteiger partial charge in [-0.3, -0.25) is 4.90 Å². The van der Waals surface area contributed by atoms with Crippen molar-refractivity contribution in [2.24, 2.45) is 5.14 Å². The molecule has 4 N–H and O–H groups in total. The Balaban J connectivity index is 2.14. The Morgan fingerprint density at radius 2 is 1.68 bits per heavy atom. The molecule has 0 saturated carbocycles. The van der Waals surface area contributed by atoms with E-state index >= 15 is 0 Å². The Morgan fingerprint density at radius 3 is 2.17 bits per heavy atom. The maximum absolute atomic E-state index is 14.0. The molecule has 3 rings (SSSR count). The number of sulfonamides is 1. The zero-order valence-corrected chi connectivity index (χ0v) is 21.2. The molecular formula is C23H17F7N6O4S. The van der Waals surface area contributed by atoms with Gasteiger partial charge >= 0.3 is 18.4 Å². The van der Waals surface area contributed by atoms with Crippen LogP contribution in [0, 0.1) is 11.2 Å². The highest BCUT2D eigenvalue weighted by Gasteiger charge is 2.41. The molecule has 0 spiro atoms. The van der Waals surface area contributed by atoms with E-state index in [-0.39, 0.29) is 23.6 Å². The molecule has 0 bridgehead atoms. The van der Waals surface area contributed by atoms with Gasteiger partial charge in [-0.05, 0) is 36.4 Å². The van der Waals surface area contributed by atoms with Crippen molar-refractivity contribution in [1.29, 1.82) is 5.41 Å². The molecule has 0 radical (unpaired) electrons. The number of primary sulfonamides is 1. The van der Waals surface area contributed by atoms with Crippen LogP contribution in [0.3, 0.4) is 0 Å². The predicted octanol–water partition coefficient (Wildman–Crippen LogP) is 5.04. The molecule has 218 valence electrons. The lowest BCUT2D eigenvalue weighted by Gasteiger charge is -2.22. The third kappa shape index (κ3) is 7.54. The summed E-state index contributed by atoms with van der Waals surface area (Å²) in [5, 5.41) is 14.3. The van der Waals surface area contributed by atoms with E-state index in [1.165, 1.54) is 0 Å². The summed E-state index contributed by atoms with van der Waals surface area (Å²) in [5.41, 5.74) is -5.38. The number of benzene rings is 2. The first-order valence-corrected chi connectivity index (χ1v) is 12.3. The van der Waals surface area contributed by atoms with Gasteiger partial charge in [0.25, 0.3) is 10.0 Å². The van der Waals surface area contributed by atoms with Crippen LogP contribution in [-0.4, -0.2) is 37.7 Å². The molecule has 0 aliphatic carbocycles. The molecule has 1 amide bonds. The van der Waals surface area contributed by atoms with Crippen LogP contribution in [0.1, 0.15) is 16.7 Å². The third-order valence-electron chi connectivity index (χ3n) is 5.16. The minimum Gasteiger partial charge on any atom is -0.409 e. The topological polar surface area (TPSA) is 151 Å². The number of anilines is 2. The lowest BCUT2D eigenvalue weighted by atomic mass is 9.98. The van der Waals surface area contributed by atoms with Gasteiger partial charge in [0.1, 0.15) is 11.6 Å². The van der Waals surface area contributed by atoms with E-state index in [4.69, 9.17) is 15.3 Å². The lowest BCUT2D eigenvalue weighted by Crippen LogP contribution is -2.30. The largest absolute Gasteiger partial charge is 0.420 e. The van der Waals surface area contributed by atoms with E-state index in [2.05, 4.69) is 15.3 Å². The highest BCUT2D eigenvalue weighted by atomic mass is 32.2. The van der Waals surface area contributed by atoms with Crippen LogP contribution in [0.4, 0.5) is 47.0 Å². The van der Waals surface area contributed by atoms with Crippen molar-refractivity contribution in [3.8, 4) is 5.75 Å². The molecule has 3 aromatic rings. The molecule has 2 aromatic carbocycles. The average molecular weight is 606 g/mol. The third-order valence-corrected chi connectivity index (χ3v) is 5.95. The van der Waals surface area contributed by atoms with Gasteiger partial charge in [-0.15, -0.1) is 0 Å². The Bertz CT molecular complexity index is 1590. The van der Waals surface area contributed by atoms with Crippen LogP contribution >= 0.6 is 0 Å². The molecule has 1 aromatic heterocycles. The van der Waals surface area contributed by atoms with Crippen molar-refractivity contribution in [3.63, 3.8) is 0 Å². The number of carbonyl (C=O) groups is 1. The second kappa shape index (κ2) is 11.5. The fourth-order valence-electron chi connectivity index (χ4n) is 3.14. The zero-order chi connectivity index (χ0) is 30.8. The van der Waals surface area contributed by atoms with Gasteiger partial charge in [0.05, 0.1) is 23.5 Å². The number of alkyl halides is 6. The molecule has 0 aliphatic rings. The van der Waals surface area contributed by atoms with Gasteiger partial charge in [0, 0.05) is 36.3 Å². The molecule has 41 heavy (non-hydrogen) atoms. The molecule has 0 atom stereocenters. The van der Waals surface area contributed by atoms with Crippen LogP contribution in [0.25, 0.3) is 5.57 Å². The lowest BCUT2D eigenvalue weighted by molar-refractivity contribution is -0.143. The molecule has 0 saturated heterocycles. The van der Waals surface area contributed by atoms with Crippen molar-refractivity contribution in [2.75, 3.05) is 17.3 Å². The van der Waals surface area contributed by atoms with E-state index in [9.17, 15) is 43.9 Å². The van der Waals surface area contributed by atoms with Crippen molar-refractivity contribution < 1.29 is 48.7 Å². The summed E-state index contributed by atoms with van der Waals surface area (Å²) in [6.07, 6.45) is -9.54. The normalized spacial score (nSPS) is 12.6. The van der Waals surface area contributed by atoms with Gasteiger partial charge in [0.15, 0.2) is 10.8 Å². The average Bonchev–Trinajstić information content (AvgIpc) is 2.88. The number of hydrogen-bond donors (Lipinski definition) is 3. The fraction of sp³-hybridized carbons (Fsp3) is 0.130. The minimum absolute atomic E-state index is 0.0237. The number of halogens is 7. The van der Waals surface area contributed by atoms with Crippen LogP contribution in [0.2, 0.25) is 0 Å². The Morgan fingerprint density at radius 1 is 1.05 bits per heavy atom. The van der Waals surface area contributed by atoms with E-state index in [1.54, 1.807) is 0 Å². The molecule has 0 aliphatic heterocycles. The first-order valence-electron chi connectivity index (χ1n) is 10.8. The van der Waals surface area contributed by atoms with Gasteiger partial charge in [0.2, 0.25) is 0 Å². The van der Waals surface area contributed by atoms with Crippen LogP contribution in [0.15, 0.2) is 60.0 Å². The van der Waals surface area contributed by atoms with Crippen molar-refractivity contribution in [1.82, 2.24) is 9.97 Å². The summed E-state index contributed by atoms with van der Waals surface area (Å²) in [6.45, 7) is 0. The molecule has 0 unspecified atom stereocenters. The Labute approximate surface area is 226 Å². The molecule has 10 nitrogen and oxygen atoms in total. The molecule has 1 heterocycles. The van der Waals surface area contributed by atoms with Crippen molar-refractivity contribution >= 4 is 39.4 Å². The monoisotopic (exact) mass is 606 g/mol. The van der Waals surface area contributed by atoms with Gasteiger partial charge in [-0.25, -0.2) is 32.7 Å². The van der Waals surface area contributed by atoms with Crippen molar-refractivity contribution in [3.05, 3.63) is 77.5 Å². The maximum atomic E-state index is 14.0. The highest BCUT2D eigenvalue weighted by Crippen LogP contribution is 2.44. The molecular weight excluding hydrogens is 589 g/mol. The number of nitrogens with zero attached hydrogens (tertiary/aromatic N) is 3. The smallest absolute Gasteiger partial charge is 0.409 e. The number of ether oxygens (including phenoxy) is 1. The number of nitrogens with one attached hydrogen (secondary N) is 2. The number of hydrogen-bond acceptors (Lipinski definition) is 8. The van der Waals surface area contributed by atoms with Gasteiger partial charge < -0.3 is 15.5 Å². The minimum atomic E-state index is -5.46. The zero-order valence-electron chi connectivity index (χ0n) is 20.4. The highest BCUT2D eigenvalue weighted by molar-refractivity contribution is 7.89. The predicted molar refractivity (Wildman–Crippen MR) is 131 cm³/mol. The number of rotatable bonds is 7. The van der Waals surface area contributed by atoms with E-state index < -0.39 is 67.3 Å². The first-order chi connectivity index (χ1) is 18.9. The maximum Gasteiger partial charge on any atom is 0.420 e. The SMILES string of the molecule is CN(C(=O)Oc1c(/C(C=N)=C/Nc2cnc(S(N)(=O)=O)cn2)cc(C(F)(F)F)cc1C(F)(F)F)c1ccc(F)cc1.